The highest BCUT2D eigenvalue weighted by atomic mass is 35.5. The summed E-state index contributed by atoms with van der Waals surface area (Å²) in [6, 6.07) is 5.14. The van der Waals surface area contributed by atoms with Gasteiger partial charge < -0.3 is 15.3 Å². The summed E-state index contributed by atoms with van der Waals surface area (Å²) in [6.07, 6.45) is 3.55. The van der Waals surface area contributed by atoms with E-state index in [1.165, 1.54) is 0 Å². The predicted octanol–water partition coefficient (Wildman–Crippen LogP) is 4.00. The molecule has 22 heavy (non-hydrogen) atoms. The Kier molecular flexibility index (Phi) is 6.36. The van der Waals surface area contributed by atoms with E-state index < -0.39 is 0 Å². The van der Waals surface area contributed by atoms with Gasteiger partial charge in [0.25, 0.3) is 0 Å². The zero-order chi connectivity index (χ0) is 16.1. The van der Waals surface area contributed by atoms with Crippen molar-refractivity contribution in [3.8, 4) is 0 Å². The summed E-state index contributed by atoms with van der Waals surface area (Å²) in [5.74, 6) is 0. The Labute approximate surface area is 141 Å². The van der Waals surface area contributed by atoms with Crippen molar-refractivity contribution < 1.29 is 9.90 Å². The zero-order valence-corrected chi connectivity index (χ0v) is 14.2. The number of halogens is 2. The summed E-state index contributed by atoms with van der Waals surface area (Å²) in [6.45, 7) is 2.78. The van der Waals surface area contributed by atoms with Crippen LogP contribution in [0.1, 0.15) is 44.2 Å². The molecule has 0 radical (unpaired) electrons. The summed E-state index contributed by atoms with van der Waals surface area (Å²) in [4.78, 5) is 14.2. The lowest BCUT2D eigenvalue weighted by Crippen LogP contribution is -2.45. The fourth-order valence-corrected chi connectivity index (χ4v) is 3.17. The van der Waals surface area contributed by atoms with Gasteiger partial charge in [0.2, 0.25) is 0 Å². The number of nitrogens with one attached hydrogen (secondary N) is 1. The molecule has 2 amide bonds. The lowest BCUT2D eigenvalue weighted by molar-refractivity contribution is 0.154. The van der Waals surface area contributed by atoms with E-state index in [4.69, 9.17) is 23.2 Å². The lowest BCUT2D eigenvalue weighted by atomic mass is 10.0. The summed E-state index contributed by atoms with van der Waals surface area (Å²) >= 11 is 12.0. The Bertz CT molecular complexity index is 525. The Morgan fingerprint density at radius 1 is 1.45 bits per heavy atom. The van der Waals surface area contributed by atoms with Crippen LogP contribution in [0.4, 0.5) is 4.79 Å². The molecule has 0 aliphatic carbocycles. The normalized spacial score (nSPS) is 19.3. The number of aliphatic hydroxyl groups excluding tert-OH is 1. The highest BCUT2D eigenvalue weighted by Crippen LogP contribution is 2.28. The number of amides is 2. The number of aliphatic hydroxyl groups is 1. The second-order valence-corrected chi connectivity index (χ2v) is 6.45. The first kappa shape index (κ1) is 17.4. The van der Waals surface area contributed by atoms with Crippen LogP contribution in [-0.2, 0) is 0 Å². The summed E-state index contributed by atoms with van der Waals surface area (Å²) in [7, 11) is 0. The molecule has 6 heteroatoms. The van der Waals surface area contributed by atoms with Gasteiger partial charge in [-0.3, -0.25) is 0 Å². The summed E-state index contributed by atoms with van der Waals surface area (Å²) < 4.78 is 0. The van der Waals surface area contributed by atoms with E-state index in [2.05, 4.69) is 12.2 Å². The van der Waals surface area contributed by atoms with Crippen LogP contribution < -0.4 is 5.32 Å². The number of nitrogens with zero attached hydrogens (tertiary/aromatic N) is 1. The maximum Gasteiger partial charge on any atom is 0.318 e. The minimum Gasteiger partial charge on any atom is -0.394 e. The zero-order valence-electron chi connectivity index (χ0n) is 12.7. The number of likely N-dealkylation sites (tertiary alicyclic amines) is 1. The van der Waals surface area contributed by atoms with Crippen molar-refractivity contribution in [2.24, 2.45) is 0 Å². The number of hydrogen-bond donors (Lipinski definition) is 2. The van der Waals surface area contributed by atoms with Crippen molar-refractivity contribution >= 4 is 29.2 Å². The third kappa shape index (κ3) is 4.06. The third-order valence-corrected chi connectivity index (χ3v) is 4.81. The van der Waals surface area contributed by atoms with E-state index in [-0.39, 0.29) is 24.7 Å². The number of hydrogen-bond acceptors (Lipinski definition) is 2. The molecule has 1 aliphatic heterocycles. The van der Waals surface area contributed by atoms with Crippen molar-refractivity contribution in [3.05, 3.63) is 33.8 Å². The van der Waals surface area contributed by atoms with Gasteiger partial charge in [0, 0.05) is 6.54 Å². The van der Waals surface area contributed by atoms with Crippen molar-refractivity contribution in [1.82, 2.24) is 10.2 Å². The Morgan fingerprint density at radius 2 is 2.23 bits per heavy atom. The maximum atomic E-state index is 12.5. The Balaban J connectivity index is 2.11. The fraction of sp³-hybridized carbons (Fsp3) is 0.562. The molecule has 2 rings (SSSR count). The first-order valence-corrected chi connectivity index (χ1v) is 8.45. The first-order valence-electron chi connectivity index (χ1n) is 7.69. The van der Waals surface area contributed by atoms with Gasteiger partial charge in [0.1, 0.15) is 0 Å². The van der Waals surface area contributed by atoms with E-state index >= 15 is 0 Å². The molecule has 1 aromatic rings. The molecule has 0 aromatic heterocycles. The van der Waals surface area contributed by atoms with Gasteiger partial charge in [-0.05, 0) is 37.0 Å². The highest BCUT2D eigenvalue weighted by Gasteiger charge is 2.29. The quantitative estimate of drug-likeness (QED) is 0.847. The molecule has 0 bridgehead atoms. The molecule has 4 nitrogen and oxygen atoms in total. The van der Waals surface area contributed by atoms with Gasteiger partial charge in [-0.25, -0.2) is 4.79 Å². The van der Waals surface area contributed by atoms with Crippen LogP contribution in [0.5, 0.6) is 0 Å². The van der Waals surface area contributed by atoms with Gasteiger partial charge in [-0.2, -0.15) is 0 Å². The summed E-state index contributed by atoms with van der Waals surface area (Å²) in [5, 5.41) is 13.4. The molecule has 122 valence electrons. The molecule has 0 spiro atoms. The molecule has 2 N–H and O–H groups in total. The van der Waals surface area contributed by atoms with Gasteiger partial charge in [-0.15, -0.1) is 0 Å². The van der Waals surface area contributed by atoms with Crippen molar-refractivity contribution in [1.29, 1.82) is 0 Å². The topological polar surface area (TPSA) is 52.6 Å². The van der Waals surface area contributed by atoms with Gasteiger partial charge in [0.15, 0.2) is 0 Å². The van der Waals surface area contributed by atoms with E-state index in [1.807, 2.05) is 6.07 Å². The fourth-order valence-electron chi connectivity index (χ4n) is 2.86. The smallest absolute Gasteiger partial charge is 0.318 e. The largest absolute Gasteiger partial charge is 0.394 e. The van der Waals surface area contributed by atoms with E-state index in [1.54, 1.807) is 17.0 Å². The lowest BCUT2D eigenvalue weighted by Gasteiger charge is -2.27. The Morgan fingerprint density at radius 3 is 2.86 bits per heavy atom. The average Bonchev–Trinajstić information content (AvgIpc) is 2.98. The molecule has 2 unspecified atom stereocenters. The van der Waals surface area contributed by atoms with Gasteiger partial charge in [-0.1, -0.05) is 42.6 Å². The molecule has 1 fully saturated rings. The van der Waals surface area contributed by atoms with E-state index in [0.717, 1.165) is 31.2 Å². The van der Waals surface area contributed by atoms with E-state index in [0.29, 0.717) is 16.6 Å². The molecule has 1 aromatic carbocycles. The molecule has 1 aliphatic rings. The number of urea groups is 1. The summed E-state index contributed by atoms with van der Waals surface area (Å²) in [5.41, 5.74) is 0.948. The number of benzene rings is 1. The number of rotatable bonds is 5. The second-order valence-electron chi connectivity index (χ2n) is 5.64. The monoisotopic (exact) mass is 344 g/mol. The second kappa shape index (κ2) is 8.04. The van der Waals surface area contributed by atoms with Crippen LogP contribution in [-0.4, -0.2) is 35.2 Å². The average molecular weight is 345 g/mol. The SMILES string of the molecule is CCCC(NC(=O)N1CCCC1CO)c1ccc(Cl)c(Cl)c1. The van der Waals surface area contributed by atoms with Crippen LogP contribution in [0.3, 0.4) is 0 Å². The minimum atomic E-state index is -0.124. The van der Waals surface area contributed by atoms with Gasteiger partial charge >= 0.3 is 6.03 Å². The maximum absolute atomic E-state index is 12.5. The molecular formula is C16H22Cl2N2O2. The van der Waals surface area contributed by atoms with Crippen LogP contribution in [0, 0.1) is 0 Å². The van der Waals surface area contributed by atoms with Crippen LogP contribution in [0.15, 0.2) is 18.2 Å². The highest BCUT2D eigenvalue weighted by molar-refractivity contribution is 6.42. The van der Waals surface area contributed by atoms with Crippen molar-refractivity contribution in [2.75, 3.05) is 13.2 Å². The minimum absolute atomic E-state index is 0.0125. The van der Waals surface area contributed by atoms with Crippen LogP contribution in [0.25, 0.3) is 0 Å². The van der Waals surface area contributed by atoms with Crippen LogP contribution in [0.2, 0.25) is 10.0 Å². The molecule has 1 saturated heterocycles. The third-order valence-electron chi connectivity index (χ3n) is 4.07. The first-order chi connectivity index (χ1) is 10.6. The van der Waals surface area contributed by atoms with E-state index in [9.17, 15) is 9.90 Å². The van der Waals surface area contributed by atoms with Crippen LogP contribution >= 0.6 is 23.2 Å². The standard InChI is InChI=1S/C16H22Cl2N2O2/c1-2-4-15(11-6-7-13(17)14(18)9-11)19-16(22)20-8-3-5-12(20)10-21/h6-7,9,12,15,21H,2-5,8,10H2,1H3,(H,19,22). The van der Waals surface area contributed by atoms with Crippen molar-refractivity contribution in [2.45, 2.75) is 44.7 Å². The number of carbonyl (C=O) groups is 1. The molecular weight excluding hydrogens is 323 g/mol. The molecule has 1 heterocycles. The predicted molar refractivity (Wildman–Crippen MR) is 89.5 cm³/mol. The molecule has 2 atom stereocenters. The molecule has 0 saturated carbocycles. The Hall–Kier alpha value is -0.970. The van der Waals surface area contributed by atoms with Gasteiger partial charge in [0.05, 0.1) is 28.7 Å². The number of carbonyl (C=O) groups excluding carboxylic acids is 1. The van der Waals surface area contributed by atoms with Crippen molar-refractivity contribution in [3.63, 3.8) is 0 Å².